The molecular weight excluding hydrogens is 352 g/mol. The summed E-state index contributed by atoms with van der Waals surface area (Å²) >= 11 is 0. The van der Waals surface area contributed by atoms with Gasteiger partial charge in [-0.05, 0) is 81.9 Å². The maximum absolute atomic E-state index is 12.0. The first-order valence-corrected chi connectivity index (χ1v) is 10.8. The highest BCUT2D eigenvalue weighted by molar-refractivity contribution is 6.01. The van der Waals surface area contributed by atoms with Gasteiger partial charge in [-0.25, -0.2) is 0 Å². The zero-order valence-corrected chi connectivity index (χ0v) is 16.8. The Bertz CT molecular complexity index is 656. The fourth-order valence-corrected chi connectivity index (χ4v) is 4.24. The minimum atomic E-state index is -0.325. The molecule has 2 fully saturated rings. The number of nitrogens with two attached hydrogens (primary N) is 1. The largest absolute Gasteiger partial charge is 0.374 e. The third-order valence-corrected chi connectivity index (χ3v) is 5.95. The Hall–Kier alpha value is -1.92. The van der Waals surface area contributed by atoms with E-state index in [9.17, 15) is 9.59 Å². The highest BCUT2D eigenvalue weighted by atomic mass is 16.2. The van der Waals surface area contributed by atoms with Crippen LogP contribution >= 0.6 is 0 Å². The predicted molar refractivity (Wildman–Crippen MR) is 112 cm³/mol. The van der Waals surface area contributed by atoms with E-state index in [1.807, 2.05) is 6.07 Å². The monoisotopic (exact) mass is 386 g/mol. The quantitative estimate of drug-likeness (QED) is 0.449. The summed E-state index contributed by atoms with van der Waals surface area (Å²) in [4.78, 5) is 25.9. The standard InChI is InChI=1S/C22H34N4O2/c23-12-3-1-2-4-13-26-14-10-17(11-15-26)18-6-5-7-19(16-18)24-20-8-9-21(27)25-22(20)28/h5-7,16-17,20,24H,1-4,8-15,23H2,(H,25,27,28). The summed E-state index contributed by atoms with van der Waals surface area (Å²) < 4.78 is 0. The smallest absolute Gasteiger partial charge is 0.249 e. The number of nitrogens with zero attached hydrogens (tertiary/aromatic N) is 1. The van der Waals surface area contributed by atoms with Gasteiger partial charge in [-0.2, -0.15) is 0 Å². The van der Waals surface area contributed by atoms with Crippen molar-refractivity contribution >= 4 is 17.5 Å². The van der Waals surface area contributed by atoms with Crippen LogP contribution in [0.15, 0.2) is 24.3 Å². The van der Waals surface area contributed by atoms with Crippen LogP contribution in [0.4, 0.5) is 5.69 Å². The Morgan fingerprint density at radius 3 is 2.61 bits per heavy atom. The van der Waals surface area contributed by atoms with Crippen LogP contribution in [-0.2, 0) is 9.59 Å². The van der Waals surface area contributed by atoms with E-state index < -0.39 is 0 Å². The zero-order chi connectivity index (χ0) is 19.8. The van der Waals surface area contributed by atoms with Crippen molar-refractivity contribution in [3.8, 4) is 0 Å². The summed E-state index contributed by atoms with van der Waals surface area (Å²) in [7, 11) is 0. The van der Waals surface area contributed by atoms with Crippen molar-refractivity contribution in [2.24, 2.45) is 5.73 Å². The Labute approximate surface area is 168 Å². The second-order valence-electron chi connectivity index (χ2n) is 8.09. The highest BCUT2D eigenvalue weighted by Gasteiger charge is 2.26. The van der Waals surface area contributed by atoms with Gasteiger partial charge >= 0.3 is 0 Å². The van der Waals surface area contributed by atoms with Gasteiger partial charge in [-0.3, -0.25) is 14.9 Å². The molecular formula is C22H34N4O2. The van der Waals surface area contributed by atoms with Gasteiger partial charge in [0, 0.05) is 12.1 Å². The molecule has 0 aromatic heterocycles. The van der Waals surface area contributed by atoms with Crippen LogP contribution in [-0.4, -0.2) is 48.9 Å². The fourth-order valence-electron chi connectivity index (χ4n) is 4.24. The van der Waals surface area contributed by atoms with Crippen molar-refractivity contribution in [2.75, 3.05) is 31.5 Å². The molecule has 1 unspecified atom stereocenters. The van der Waals surface area contributed by atoms with Gasteiger partial charge in [0.15, 0.2) is 0 Å². The Morgan fingerprint density at radius 2 is 1.86 bits per heavy atom. The van der Waals surface area contributed by atoms with Crippen molar-refractivity contribution in [3.05, 3.63) is 29.8 Å². The van der Waals surface area contributed by atoms with Gasteiger partial charge in [0.2, 0.25) is 11.8 Å². The molecule has 0 radical (unpaired) electrons. The molecule has 2 aliphatic rings. The maximum atomic E-state index is 12.0. The molecule has 6 heteroatoms. The van der Waals surface area contributed by atoms with Crippen LogP contribution in [0, 0.1) is 0 Å². The van der Waals surface area contributed by atoms with Gasteiger partial charge in [0.05, 0.1) is 0 Å². The molecule has 154 valence electrons. The van der Waals surface area contributed by atoms with E-state index in [2.05, 4.69) is 33.7 Å². The second-order valence-corrected chi connectivity index (χ2v) is 8.09. The minimum absolute atomic E-state index is 0.178. The number of benzene rings is 1. The van der Waals surface area contributed by atoms with E-state index in [0.29, 0.717) is 18.8 Å². The molecule has 2 aliphatic heterocycles. The van der Waals surface area contributed by atoms with Gasteiger partial charge < -0.3 is 16.0 Å². The van der Waals surface area contributed by atoms with E-state index in [4.69, 9.17) is 5.73 Å². The third kappa shape index (κ3) is 6.04. The van der Waals surface area contributed by atoms with Crippen LogP contribution in [0.5, 0.6) is 0 Å². The SMILES string of the molecule is NCCCCCCN1CCC(c2cccc(NC3CCC(=O)NC3=O)c2)CC1. The lowest BCUT2D eigenvalue weighted by Gasteiger charge is -2.32. The van der Waals surface area contributed by atoms with Gasteiger partial charge in [-0.15, -0.1) is 0 Å². The van der Waals surface area contributed by atoms with E-state index >= 15 is 0 Å². The number of carbonyl (C=O) groups is 2. The van der Waals surface area contributed by atoms with E-state index in [1.54, 1.807) is 0 Å². The summed E-state index contributed by atoms with van der Waals surface area (Å²) in [6.45, 7) is 4.33. The van der Waals surface area contributed by atoms with Crippen molar-refractivity contribution < 1.29 is 9.59 Å². The number of anilines is 1. The number of unbranched alkanes of at least 4 members (excludes halogenated alkanes) is 3. The van der Waals surface area contributed by atoms with Crippen molar-refractivity contribution in [3.63, 3.8) is 0 Å². The zero-order valence-electron chi connectivity index (χ0n) is 16.8. The second kappa shape index (κ2) is 10.6. The number of imide groups is 1. The van der Waals surface area contributed by atoms with Crippen molar-refractivity contribution in [2.45, 2.75) is 63.3 Å². The number of nitrogens with one attached hydrogen (secondary N) is 2. The number of likely N-dealkylation sites (tertiary alicyclic amines) is 1. The molecule has 6 nitrogen and oxygen atoms in total. The average Bonchev–Trinajstić information content (AvgIpc) is 2.71. The van der Waals surface area contributed by atoms with Crippen LogP contribution in [0.2, 0.25) is 0 Å². The number of carbonyl (C=O) groups excluding carboxylic acids is 2. The van der Waals surface area contributed by atoms with Crippen molar-refractivity contribution in [1.82, 2.24) is 10.2 Å². The summed E-state index contributed by atoms with van der Waals surface area (Å²) in [6, 6.07) is 8.12. The molecule has 0 aliphatic carbocycles. The lowest BCUT2D eigenvalue weighted by molar-refractivity contribution is -0.133. The molecule has 1 aromatic rings. The average molecular weight is 387 g/mol. The first kappa shape index (κ1) is 20.8. The number of hydrogen-bond acceptors (Lipinski definition) is 5. The Kier molecular flexibility index (Phi) is 7.86. The molecule has 4 N–H and O–H groups in total. The van der Waals surface area contributed by atoms with Gasteiger partial charge in [0.1, 0.15) is 6.04 Å². The highest BCUT2D eigenvalue weighted by Crippen LogP contribution is 2.30. The molecule has 1 aromatic carbocycles. The van der Waals surface area contributed by atoms with Crippen LogP contribution in [0.25, 0.3) is 0 Å². The van der Waals surface area contributed by atoms with Crippen LogP contribution in [0.3, 0.4) is 0 Å². The van der Waals surface area contributed by atoms with Crippen LogP contribution < -0.4 is 16.4 Å². The summed E-state index contributed by atoms with van der Waals surface area (Å²) in [6.07, 6.45) is 8.27. The maximum Gasteiger partial charge on any atom is 0.249 e. The first-order valence-electron chi connectivity index (χ1n) is 10.8. The lowest BCUT2D eigenvalue weighted by atomic mass is 9.89. The van der Waals surface area contributed by atoms with E-state index in [1.165, 1.54) is 44.2 Å². The summed E-state index contributed by atoms with van der Waals surface area (Å²) in [5.74, 6) is 0.182. The first-order chi connectivity index (χ1) is 13.7. The molecule has 2 amide bonds. The molecule has 0 saturated carbocycles. The summed E-state index contributed by atoms with van der Waals surface area (Å²) in [5.41, 5.74) is 7.87. The Morgan fingerprint density at radius 1 is 1.07 bits per heavy atom. The Balaban J connectivity index is 1.46. The van der Waals surface area contributed by atoms with Crippen LogP contribution in [0.1, 0.15) is 62.8 Å². The topological polar surface area (TPSA) is 87.5 Å². The van der Waals surface area contributed by atoms with E-state index in [-0.39, 0.29) is 17.9 Å². The van der Waals surface area contributed by atoms with Gasteiger partial charge in [-0.1, -0.05) is 25.0 Å². The molecule has 0 spiro atoms. The number of piperidine rings is 2. The number of rotatable bonds is 9. The molecule has 28 heavy (non-hydrogen) atoms. The molecule has 2 saturated heterocycles. The molecule has 1 atom stereocenters. The van der Waals surface area contributed by atoms with Gasteiger partial charge in [0.25, 0.3) is 0 Å². The van der Waals surface area contributed by atoms with Crippen molar-refractivity contribution in [1.29, 1.82) is 0 Å². The minimum Gasteiger partial charge on any atom is -0.374 e. The summed E-state index contributed by atoms with van der Waals surface area (Å²) in [5, 5.41) is 5.71. The fraction of sp³-hybridized carbons (Fsp3) is 0.636. The number of hydrogen-bond donors (Lipinski definition) is 3. The number of amides is 2. The lowest BCUT2D eigenvalue weighted by Crippen LogP contribution is -2.47. The molecule has 0 bridgehead atoms. The van der Waals surface area contributed by atoms with E-state index in [0.717, 1.165) is 31.7 Å². The molecule has 3 rings (SSSR count). The third-order valence-electron chi connectivity index (χ3n) is 5.95. The normalized spacial score (nSPS) is 21.5. The predicted octanol–water partition coefficient (Wildman–Crippen LogP) is 2.60. The molecule has 2 heterocycles.